The van der Waals surface area contributed by atoms with Gasteiger partial charge in [0, 0.05) is 0 Å². The summed E-state index contributed by atoms with van der Waals surface area (Å²) in [6.07, 6.45) is 0. The van der Waals surface area contributed by atoms with Crippen molar-refractivity contribution >= 4 is 18.1 Å². The van der Waals surface area contributed by atoms with Crippen LogP contribution in [-0.2, 0) is 9.15 Å². The fraction of sp³-hybridized carbons (Fsp3) is 1.00. The minimum absolute atomic E-state index is 0.284. The molecule has 0 heterocycles. The predicted molar refractivity (Wildman–Crippen MR) is 67.6 cm³/mol. The van der Waals surface area contributed by atoms with Gasteiger partial charge in [-0.2, -0.15) is 0 Å². The Morgan fingerprint density at radius 2 is 0.857 bits per heavy atom. The molecule has 0 rings (SSSR count). The van der Waals surface area contributed by atoms with Gasteiger partial charge in [-0.25, -0.2) is 0 Å². The highest BCUT2D eigenvalue weighted by Crippen LogP contribution is 2.30. The maximum Gasteiger partial charge on any atom is 0.224 e. The fourth-order valence-electron chi connectivity index (χ4n) is 0.455. The van der Waals surface area contributed by atoms with Gasteiger partial charge >= 0.3 is 0 Å². The summed E-state index contributed by atoms with van der Waals surface area (Å²) >= 11 is 0. The topological polar surface area (TPSA) is 18.5 Å². The molecule has 0 bridgehead atoms. The average molecular weight is 234 g/mol. The molecule has 0 amide bonds. The lowest BCUT2D eigenvalue weighted by Crippen LogP contribution is -2.32. The van der Waals surface area contributed by atoms with E-state index in [1.807, 2.05) is 0 Å². The van der Waals surface area contributed by atoms with Crippen molar-refractivity contribution in [1.82, 2.24) is 0 Å². The molecule has 0 aliphatic heterocycles. The molecule has 0 aliphatic rings. The molecule has 0 aromatic carbocycles. The Labute approximate surface area is 92.4 Å². The summed E-state index contributed by atoms with van der Waals surface area (Å²) in [5.74, 6) is 0. The molecule has 2 atom stereocenters. The van der Waals surface area contributed by atoms with E-state index in [4.69, 9.17) is 9.15 Å². The van der Waals surface area contributed by atoms with Crippen molar-refractivity contribution in [2.75, 3.05) is 0 Å². The molecule has 0 saturated heterocycles. The normalized spacial score (nSPS) is 18.0. The Balaban J connectivity index is 3.96. The van der Waals surface area contributed by atoms with Crippen LogP contribution >= 0.6 is 0 Å². The molecule has 0 N–H and O–H groups in total. The molecular formula is C10H26O2Si2. The van der Waals surface area contributed by atoms with Crippen LogP contribution in [0.2, 0.25) is 23.2 Å². The van der Waals surface area contributed by atoms with Gasteiger partial charge in [-0.1, -0.05) is 41.5 Å². The van der Waals surface area contributed by atoms with Crippen molar-refractivity contribution in [3.05, 3.63) is 0 Å². The summed E-state index contributed by atoms with van der Waals surface area (Å²) in [6, 6.07) is 0. The van der Waals surface area contributed by atoms with Crippen LogP contribution in [0.3, 0.4) is 0 Å². The zero-order valence-electron chi connectivity index (χ0n) is 11.0. The van der Waals surface area contributed by atoms with E-state index < -0.39 is 18.1 Å². The quantitative estimate of drug-likeness (QED) is 0.424. The van der Waals surface area contributed by atoms with Crippen molar-refractivity contribution < 1.29 is 9.15 Å². The molecule has 14 heavy (non-hydrogen) atoms. The highest BCUT2D eigenvalue weighted by Gasteiger charge is 2.29. The largest absolute Gasteiger partial charge is 0.301 e. The second kappa shape index (κ2) is 4.92. The van der Waals surface area contributed by atoms with Crippen LogP contribution in [-0.4, -0.2) is 18.1 Å². The third kappa shape index (κ3) is 5.29. The molecule has 2 nitrogen and oxygen atoms in total. The first-order valence-electron chi connectivity index (χ1n) is 5.37. The van der Waals surface area contributed by atoms with Crippen molar-refractivity contribution in [2.45, 2.75) is 64.7 Å². The lowest BCUT2D eigenvalue weighted by molar-refractivity contribution is -0.118. The van der Waals surface area contributed by atoms with Crippen molar-refractivity contribution in [3.63, 3.8) is 0 Å². The molecule has 0 aromatic heterocycles. The van der Waals surface area contributed by atoms with Crippen LogP contribution in [0.15, 0.2) is 0 Å². The summed E-state index contributed by atoms with van der Waals surface area (Å²) in [4.78, 5) is 0. The lowest BCUT2D eigenvalue weighted by Gasteiger charge is -2.29. The Kier molecular flexibility index (Phi) is 5.04. The van der Waals surface area contributed by atoms with E-state index in [0.717, 1.165) is 0 Å². The van der Waals surface area contributed by atoms with Crippen LogP contribution in [0.5, 0.6) is 0 Å². The SMILES string of the molecule is C[SiH](OO[SiH](C)C(C)(C)C)C(C)(C)C. The van der Waals surface area contributed by atoms with E-state index in [2.05, 4.69) is 54.6 Å². The Hall–Kier alpha value is 0.354. The second-order valence-electron chi connectivity index (χ2n) is 6.21. The molecule has 0 saturated carbocycles. The van der Waals surface area contributed by atoms with E-state index in [9.17, 15) is 0 Å². The van der Waals surface area contributed by atoms with E-state index in [0.29, 0.717) is 0 Å². The first-order valence-corrected chi connectivity index (χ1v) is 9.78. The van der Waals surface area contributed by atoms with Crippen LogP contribution in [0.25, 0.3) is 0 Å². The molecule has 0 aliphatic carbocycles. The maximum atomic E-state index is 5.60. The lowest BCUT2D eigenvalue weighted by atomic mass is 10.3. The van der Waals surface area contributed by atoms with Gasteiger partial charge in [0.05, 0.1) is 0 Å². The van der Waals surface area contributed by atoms with E-state index in [-0.39, 0.29) is 10.1 Å². The fourth-order valence-corrected chi connectivity index (χ4v) is 2.37. The van der Waals surface area contributed by atoms with Gasteiger partial charge in [0.1, 0.15) is 0 Å². The molecule has 0 fully saturated rings. The van der Waals surface area contributed by atoms with Crippen molar-refractivity contribution in [1.29, 1.82) is 0 Å². The van der Waals surface area contributed by atoms with Gasteiger partial charge in [0.2, 0.25) is 18.1 Å². The second-order valence-corrected chi connectivity index (χ2v) is 12.6. The van der Waals surface area contributed by atoms with Crippen LogP contribution < -0.4 is 0 Å². The first kappa shape index (κ1) is 14.4. The van der Waals surface area contributed by atoms with E-state index >= 15 is 0 Å². The Morgan fingerprint density at radius 3 is 1.00 bits per heavy atom. The van der Waals surface area contributed by atoms with Crippen LogP contribution in [0.1, 0.15) is 41.5 Å². The van der Waals surface area contributed by atoms with Gasteiger partial charge in [-0.3, -0.25) is 0 Å². The third-order valence-electron chi connectivity index (χ3n) is 2.78. The Morgan fingerprint density at radius 1 is 0.643 bits per heavy atom. The van der Waals surface area contributed by atoms with E-state index in [1.165, 1.54) is 0 Å². The summed E-state index contributed by atoms with van der Waals surface area (Å²) in [6.45, 7) is 17.7. The Bertz CT molecular complexity index is 150. The predicted octanol–water partition coefficient (Wildman–Crippen LogP) is 3.24. The summed E-state index contributed by atoms with van der Waals surface area (Å²) in [5.41, 5.74) is 0. The highest BCUT2D eigenvalue weighted by atomic mass is 28.3. The summed E-state index contributed by atoms with van der Waals surface area (Å²) in [7, 11) is -2.41. The van der Waals surface area contributed by atoms with Gasteiger partial charge < -0.3 is 9.15 Å². The van der Waals surface area contributed by atoms with Crippen LogP contribution in [0, 0.1) is 0 Å². The van der Waals surface area contributed by atoms with Crippen molar-refractivity contribution in [2.24, 2.45) is 0 Å². The zero-order valence-corrected chi connectivity index (χ0v) is 13.3. The van der Waals surface area contributed by atoms with Gasteiger partial charge in [0.25, 0.3) is 0 Å². The number of hydrogen-bond donors (Lipinski definition) is 0. The number of rotatable bonds is 3. The summed E-state index contributed by atoms with van der Waals surface area (Å²) in [5, 5.41) is 0.567. The van der Waals surface area contributed by atoms with Gasteiger partial charge in [-0.05, 0) is 23.2 Å². The molecule has 0 spiro atoms. The minimum atomic E-state index is -1.21. The third-order valence-corrected chi connectivity index (χ3v) is 8.68. The first-order chi connectivity index (χ1) is 6.05. The molecular weight excluding hydrogens is 208 g/mol. The standard InChI is InChI=1S/C10H26O2Si2/c1-9(2,3)13(7)11-12-14(8)10(4,5)6/h13-14H,1-8H3. The van der Waals surface area contributed by atoms with Crippen LogP contribution in [0.4, 0.5) is 0 Å². The van der Waals surface area contributed by atoms with E-state index in [1.54, 1.807) is 0 Å². The molecule has 2 unspecified atom stereocenters. The minimum Gasteiger partial charge on any atom is -0.301 e. The maximum absolute atomic E-state index is 5.60. The smallest absolute Gasteiger partial charge is 0.224 e. The van der Waals surface area contributed by atoms with Crippen molar-refractivity contribution in [3.8, 4) is 0 Å². The molecule has 4 heteroatoms. The monoisotopic (exact) mass is 234 g/mol. The highest BCUT2D eigenvalue weighted by molar-refractivity contribution is 6.56. The zero-order chi connectivity index (χ0) is 11.6. The molecule has 0 radical (unpaired) electrons. The van der Waals surface area contributed by atoms with Gasteiger partial charge in [0.15, 0.2) is 0 Å². The average Bonchev–Trinajstić information content (AvgIpc) is 1.95. The summed E-state index contributed by atoms with van der Waals surface area (Å²) < 4.78 is 11.2. The number of hydrogen-bond acceptors (Lipinski definition) is 2. The molecule has 0 aromatic rings. The van der Waals surface area contributed by atoms with Gasteiger partial charge in [-0.15, -0.1) is 0 Å². The molecule has 86 valence electrons.